The lowest BCUT2D eigenvalue weighted by molar-refractivity contribution is 0.432. The summed E-state index contributed by atoms with van der Waals surface area (Å²) >= 11 is 6.88. The van der Waals surface area contributed by atoms with Gasteiger partial charge >= 0.3 is 0 Å². The Balaban J connectivity index is 1.90. The number of ether oxygens (including phenoxy) is 1. The highest BCUT2D eigenvalue weighted by Crippen LogP contribution is 2.30. The van der Waals surface area contributed by atoms with Crippen molar-refractivity contribution in [2.24, 2.45) is 0 Å². The molecule has 0 aliphatic heterocycles. The number of nitrogens with zero attached hydrogens (tertiary/aromatic N) is 1. The molecular weight excluding hydrogens is 394 g/mol. The Labute approximate surface area is 150 Å². The number of benzene rings is 2. The van der Waals surface area contributed by atoms with Crippen molar-refractivity contribution in [3.63, 3.8) is 0 Å². The molecule has 0 saturated heterocycles. The van der Waals surface area contributed by atoms with Crippen molar-refractivity contribution in [2.75, 3.05) is 4.72 Å². The minimum atomic E-state index is -4.33. The van der Waals surface area contributed by atoms with Crippen LogP contribution in [0.4, 0.5) is 14.6 Å². The molecule has 1 heterocycles. The van der Waals surface area contributed by atoms with E-state index >= 15 is 0 Å². The van der Waals surface area contributed by atoms with E-state index in [1.54, 1.807) is 0 Å². The summed E-state index contributed by atoms with van der Waals surface area (Å²) in [5, 5.41) is 1.87. The lowest BCUT2D eigenvalue weighted by atomic mass is 10.3. The van der Waals surface area contributed by atoms with Gasteiger partial charge in [-0.3, -0.25) is 4.72 Å². The van der Waals surface area contributed by atoms with Crippen molar-refractivity contribution in [1.82, 2.24) is 4.98 Å². The van der Waals surface area contributed by atoms with Crippen LogP contribution in [0.2, 0.25) is 5.02 Å². The second kappa shape index (κ2) is 6.95. The molecule has 0 unspecified atom stereocenters. The maximum absolute atomic E-state index is 14.2. The molecule has 25 heavy (non-hydrogen) atoms. The van der Waals surface area contributed by atoms with Gasteiger partial charge in [0.15, 0.2) is 17.4 Å². The van der Waals surface area contributed by atoms with E-state index < -0.39 is 32.3 Å². The number of nitrogens with one attached hydrogen (secondary N) is 1. The van der Waals surface area contributed by atoms with Gasteiger partial charge in [0.1, 0.15) is 16.5 Å². The molecule has 130 valence electrons. The zero-order valence-corrected chi connectivity index (χ0v) is 14.6. The largest absolute Gasteiger partial charge is 0.454 e. The van der Waals surface area contributed by atoms with E-state index in [4.69, 9.17) is 16.3 Å². The third kappa shape index (κ3) is 4.06. The van der Waals surface area contributed by atoms with Gasteiger partial charge in [-0.2, -0.15) is 0 Å². The first kappa shape index (κ1) is 17.6. The summed E-state index contributed by atoms with van der Waals surface area (Å²) in [6.45, 7) is 0. The average molecular weight is 403 g/mol. The molecule has 3 rings (SSSR count). The highest BCUT2D eigenvalue weighted by molar-refractivity contribution is 7.92. The Morgan fingerprint density at radius 2 is 1.84 bits per heavy atom. The van der Waals surface area contributed by atoms with Gasteiger partial charge in [0.2, 0.25) is 0 Å². The fraction of sp³-hybridized carbons (Fsp3) is 0. The fourth-order valence-electron chi connectivity index (χ4n) is 1.88. The van der Waals surface area contributed by atoms with Gasteiger partial charge in [-0.05, 0) is 24.3 Å². The van der Waals surface area contributed by atoms with Crippen molar-refractivity contribution in [3.8, 4) is 11.5 Å². The molecule has 3 aromatic rings. The lowest BCUT2D eigenvalue weighted by Gasteiger charge is -2.11. The molecule has 0 amide bonds. The number of halogens is 3. The zero-order chi connectivity index (χ0) is 18.0. The Hall–Kier alpha value is -2.23. The van der Waals surface area contributed by atoms with Gasteiger partial charge in [-0.1, -0.05) is 11.6 Å². The molecule has 2 aromatic carbocycles. The quantitative estimate of drug-likeness (QED) is 0.673. The Morgan fingerprint density at radius 1 is 1.12 bits per heavy atom. The van der Waals surface area contributed by atoms with Crippen molar-refractivity contribution in [3.05, 3.63) is 63.9 Å². The van der Waals surface area contributed by atoms with Crippen LogP contribution in [0.25, 0.3) is 0 Å². The van der Waals surface area contributed by atoms with Crippen LogP contribution in [-0.2, 0) is 10.0 Å². The second-order valence-electron chi connectivity index (χ2n) is 4.75. The minimum Gasteiger partial charge on any atom is -0.454 e. The zero-order valence-electron chi connectivity index (χ0n) is 12.2. The first-order valence-electron chi connectivity index (χ1n) is 6.68. The van der Waals surface area contributed by atoms with E-state index in [1.165, 1.54) is 35.2 Å². The van der Waals surface area contributed by atoms with Crippen LogP contribution in [0.3, 0.4) is 0 Å². The molecule has 0 bridgehead atoms. The van der Waals surface area contributed by atoms with E-state index in [-0.39, 0.29) is 11.6 Å². The van der Waals surface area contributed by atoms with Crippen LogP contribution in [0.15, 0.2) is 52.2 Å². The lowest BCUT2D eigenvalue weighted by Crippen LogP contribution is -2.15. The third-order valence-corrected chi connectivity index (χ3v) is 5.20. The molecule has 0 saturated carbocycles. The number of hydrogen-bond acceptors (Lipinski definition) is 5. The number of aromatic nitrogens is 1. The minimum absolute atomic E-state index is 0.0197. The van der Waals surface area contributed by atoms with E-state index in [0.29, 0.717) is 17.2 Å². The molecule has 5 nitrogen and oxygen atoms in total. The molecule has 0 aliphatic carbocycles. The standard InChI is InChI=1S/C15H9ClF2N2O3S2/c16-9-1-3-10(4-2-9)23-13-5-12(18)14(6-11(13)17)25(21,22)20-15-7-24-8-19-15/h1-8,20H. The summed E-state index contributed by atoms with van der Waals surface area (Å²) in [4.78, 5) is 2.89. The Morgan fingerprint density at radius 3 is 2.48 bits per heavy atom. The van der Waals surface area contributed by atoms with E-state index in [0.717, 1.165) is 11.3 Å². The van der Waals surface area contributed by atoms with Gasteiger partial charge in [0.05, 0.1) is 5.51 Å². The molecule has 1 N–H and O–H groups in total. The van der Waals surface area contributed by atoms with Gasteiger partial charge < -0.3 is 4.74 Å². The van der Waals surface area contributed by atoms with Gasteiger partial charge in [-0.15, -0.1) is 11.3 Å². The van der Waals surface area contributed by atoms with Gasteiger partial charge in [-0.25, -0.2) is 22.2 Å². The second-order valence-corrected chi connectivity index (χ2v) is 7.55. The fourth-order valence-corrected chi connectivity index (χ4v) is 3.64. The van der Waals surface area contributed by atoms with E-state index in [9.17, 15) is 17.2 Å². The van der Waals surface area contributed by atoms with Crippen molar-refractivity contribution in [2.45, 2.75) is 4.90 Å². The Kier molecular flexibility index (Phi) is 4.89. The molecular formula is C15H9ClF2N2O3S2. The van der Waals surface area contributed by atoms with Crippen LogP contribution >= 0.6 is 22.9 Å². The molecule has 0 fully saturated rings. The molecule has 0 atom stereocenters. The average Bonchev–Trinajstić information content (AvgIpc) is 3.04. The predicted octanol–water partition coefficient (Wildman–Crippen LogP) is 4.67. The van der Waals surface area contributed by atoms with Gasteiger partial charge in [0, 0.05) is 22.5 Å². The molecule has 0 radical (unpaired) electrons. The summed E-state index contributed by atoms with van der Waals surface area (Å²) in [5.74, 6) is -2.40. The first-order valence-corrected chi connectivity index (χ1v) is 9.49. The number of thiazole rings is 1. The SMILES string of the molecule is O=S(=O)(Nc1cscn1)c1cc(F)c(Oc2ccc(Cl)cc2)cc1F. The Bertz CT molecular complexity index is 994. The monoisotopic (exact) mass is 402 g/mol. The maximum atomic E-state index is 14.2. The van der Waals surface area contributed by atoms with Crippen LogP contribution in [-0.4, -0.2) is 13.4 Å². The molecule has 0 spiro atoms. The summed E-state index contributed by atoms with van der Waals surface area (Å²) in [6.07, 6.45) is 0. The highest BCUT2D eigenvalue weighted by atomic mass is 35.5. The number of rotatable bonds is 5. The third-order valence-electron chi connectivity index (χ3n) is 2.99. The topological polar surface area (TPSA) is 68.3 Å². The van der Waals surface area contributed by atoms with E-state index in [2.05, 4.69) is 9.71 Å². The molecule has 1 aromatic heterocycles. The number of sulfonamides is 1. The van der Waals surface area contributed by atoms with Gasteiger partial charge in [0.25, 0.3) is 10.0 Å². The number of anilines is 1. The highest BCUT2D eigenvalue weighted by Gasteiger charge is 2.23. The predicted molar refractivity (Wildman–Crippen MR) is 90.8 cm³/mol. The van der Waals surface area contributed by atoms with Crippen molar-refractivity contribution < 1.29 is 21.9 Å². The summed E-state index contributed by atoms with van der Waals surface area (Å²) in [6, 6.07) is 7.18. The first-order chi connectivity index (χ1) is 11.8. The number of hydrogen-bond donors (Lipinski definition) is 1. The summed E-state index contributed by atoms with van der Waals surface area (Å²) in [5.41, 5.74) is 1.40. The van der Waals surface area contributed by atoms with Crippen molar-refractivity contribution in [1.29, 1.82) is 0 Å². The summed E-state index contributed by atoms with van der Waals surface area (Å²) < 4.78 is 60.0. The normalized spacial score (nSPS) is 11.3. The van der Waals surface area contributed by atoms with Crippen molar-refractivity contribution >= 4 is 38.8 Å². The van der Waals surface area contributed by atoms with Crippen LogP contribution in [0, 0.1) is 11.6 Å². The van der Waals surface area contributed by atoms with Crippen LogP contribution < -0.4 is 9.46 Å². The van der Waals surface area contributed by atoms with Crippen LogP contribution in [0.1, 0.15) is 0 Å². The van der Waals surface area contributed by atoms with E-state index in [1.807, 2.05) is 0 Å². The molecule has 10 heteroatoms. The molecule has 0 aliphatic rings. The smallest absolute Gasteiger partial charge is 0.266 e. The maximum Gasteiger partial charge on any atom is 0.266 e. The summed E-state index contributed by atoms with van der Waals surface area (Å²) in [7, 11) is -4.33. The van der Waals surface area contributed by atoms with Crippen LogP contribution in [0.5, 0.6) is 11.5 Å².